The molecule has 0 saturated carbocycles. The van der Waals surface area contributed by atoms with Gasteiger partial charge in [0.25, 0.3) is 0 Å². The minimum atomic E-state index is -3.42. The van der Waals surface area contributed by atoms with Crippen LogP contribution in [0.15, 0.2) is 34.8 Å². The fourth-order valence-electron chi connectivity index (χ4n) is 3.34. The minimum absolute atomic E-state index is 0.0586. The molecule has 3 aromatic heterocycles. The summed E-state index contributed by atoms with van der Waals surface area (Å²) in [6.07, 6.45) is 3.04. The normalized spacial score (nSPS) is 15.5. The van der Waals surface area contributed by atoms with Crippen LogP contribution in [0.2, 0.25) is 0 Å². The number of nitrogens with zero attached hydrogens (tertiary/aromatic N) is 4. The van der Waals surface area contributed by atoms with Crippen molar-refractivity contribution < 1.29 is 13.2 Å². The molecule has 0 aliphatic carbocycles. The van der Waals surface area contributed by atoms with Gasteiger partial charge >= 0.3 is 0 Å². The van der Waals surface area contributed by atoms with Gasteiger partial charge in [-0.15, -0.1) is 0 Å². The van der Waals surface area contributed by atoms with Crippen molar-refractivity contribution in [2.75, 3.05) is 37.5 Å². The van der Waals surface area contributed by atoms with Gasteiger partial charge in [0, 0.05) is 42.0 Å². The van der Waals surface area contributed by atoms with E-state index in [-0.39, 0.29) is 4.34 Å². The second-order valence-corrected chi connectivity index (χ2v) is 9.81. The number of nitrogens with one attached hydrogen (secondary N) is 1. The highest BCUT2D eigenvalue weighted by Crippen LogP contribution is 2.35. The van der Waals surface area contributed by atoms with Gasteiger partial charge < -0.3 is 14.6 Å². The molecule has 0 radical (unpaired) electrons. The van der Waals surface area contributed by atoms with E-state index < -0.39 is 9.84 Å². The lowest BCUT2D eigenvalue weighted by molar-refractivity contribution is 0.122. The number of aromatic amines is 1. The number of thiazole rings is 1. The highest BCUT2D eigenvalue weighted by atomic mass is 32.2. The zero-order valence-corrected chi connectivity index (χ0v) is 16.7. The van der Waals surface area contributed by atoms with Gasteiger partial charge in [-0.3, -0.25) is 0 Å². The molecule has 0 bridgehead atoms. The van der Waals surface area contributed by atoms with Crippen molar-refractivity contribution >= 4 is 48.2 Å². The molecule has 1 aliphatic rings. The van der Waals surface area contributed by atoms with Crippen molar-refractivity contribution in [3.63, 3.8) is 0 Å². The Kier molecular flexibility index (Phi) is 4.07. The van der Waals surface area contributed by atoms with Crippen LogP contribution in [0.5, 0.6) is 0 Å². The second-order valence-electron chi connectivity index (χ2n) is 6.62. The van der Waals surface area contributed by atoms with Gasteiger partial charge in [0.2, 0.25) is 14.2 Å². The maximum absolute atomic E-state index is 12.0. The Hall–Kier alpha value is -2.56. The van der Waals surface area contributed by atoms with E-state index in [0.717, 1.165) is 34.1 Å². The summed E-state index contributed by atoms with van der Waals surface area (Å²) in [6, 6.07) is 7.88. The molecule has 0 amide bonds. The summed E-state index contributed by atoms with van der Waals surface area (Å²) in [7, 11) is -3.42. The van der Waals surface area contributed by atoms with Crippen LogP contribution in [0.1, 0.15) is 0 Å². The molecule has 28 heavy (non-hydrogen) atoms. The predicted octanol–water partition coefficient (Wildman–Crippen LogP) is 2.47. The lowest BCUT2D eigenvalue weighted by atomic mass is 10.1. The molecule has 8 nitrogen and oxygen atoms in total. The van der Waals surface area contributed by atoms with Gasteiger partial charge in [-0.25, -0.2) is 23.4 Å². The molecule has 0 spiro atoms. The zero-order chi connectivity index (χ0) is 19.3. The smallest absolute Gasteiger partial charge is 0.211 e. The van der Waals surface area contributed by atoms with Crippen LogP contribution < -0.4 is 4.90 Å². The SMILES string of the molecule is CS(=O)(=O)c1nc2nc(-c3cccc4[nH]ccc34)nc(N3CCOCC3)c2s1. The van der Waals surface area contributed by atoms with Crippen molar-refractivity contribution in [3.8, 4) is 11.4 Å². The molecule has 1 aromatic carbocycles. The summed E-state index contributed by atoms with van der Waals surface area (Å²) < 4.78 is 30.3. The molecular formula is C18H17N5O3S2. The molecular weight excluding hydrogens is 398 g/mol. The zero-order valence-electron chi connectivity index (χ0n) is 15.0. The summed E-state index contributed by atoms with van der Waals surface area (Å²) in [6.45, 7) is 2.58. The summed E-state index contributed by atoms with van der Waals surface area (Å²) >= 11 is 1.12. The Morgan fingerprint density at radius 3 is 2.75 bits per heavy atom. The van der Waals surface area contributed by atoms with Crippen LogP contribution in [0, 0.1) is 0 Å². The molecule has 10 heteroatoms. The third-order valence-electron chi connectivity index (χ3n) is 4.68. The largest absolute Gasteiger partial charge is 0.378 e. The highest BCUT2D eigenvalue weighted by molar-refractivity contribution is 7.92. The standard InChI is InChI=1S/C18H17N5O3S2/c1-28(24,25)18-22-16-14(27-18)17(23-7-9-26-10-8-23)21-15(20-16)12-3-2-4-13-11(12)5-6-19-13/h2-6,19H,7-10H2,1H3. The van der Waals surface area contributed by atoms with Gasteiger partial charge in [-0.2, -0.15) is 0 Å². The van der Waals surface area contributed by atoms with Gasteiger partial charge in [0.15, 0.2) is 17.3 Å². The fourth-order valence-corrected chi connectivity index (χ4v) is 5.20. The summed E-state index contributed by atoms with van der Waals surface area (Å²) in [5, 5.41) is 1.01. The molecule has 4 aromatic rings. The number of ether oxygens (including phenoxy) is 1. The molecule has 5 rings (SSSR count). The molecule has 0 atom stereocenters. The number of fused-ring (bicyclic) bond motifs is 2. The summed E-state index contributed by atoms with van der Waals surface area (Å²) in [5.41, 5.74) is 2.28. The van der Waals surface area contributed by atoms with E-state index in [1.165, 1.54) is 0 Å². The quantitative estimate of drug-likeness (QED) is 0.548. The first-order valence-corrected chi connectivity index (χ1v) is 11.5. The highest BCUT2D eigenvalue weighted by Gasteiger charge is 2.24. The van der Waals surface area contributed by atoms with Crippen LogP contribution in [0.4, 0.5) is 5.82 Å². The van der Waals surface area contributed by atoms with E-state index in [2.05, 4.69) is 19.9 Å². The lowest BCUT2D eigenvalue weighted by Gasteiger charge is -2.28. The molecule has 1 aliphatic heterocycles. The minimum Gasteiger partial charge on any atom is -0.378 e. The molecule has 4 heterocycles. The van der Waals surface area contributed by atoms with E-state index in [1.807, 2.05) is 30.5 Å². The van der Waals surface area contributed by atoms with E-state index >= 15 is 0 Å². The number of H-pyrrole nitrogens is 1. The topological polar surface area (TPSA) is 101 Å². The van der Waals surface area contributed by atoms with Crippen molar-refractivity contribution in [1.82, 2.24) is 19.9 Å². The van der Waals surface area contributed by atoms with Crippen molar-refractivity contribution in [2.45, 2.75) is 4.34 Å². The van der Waals surface area contributed by atoms with Gasteiger partial charge in [0.1, 0.15) is 4.70 Å². The number of hydrogen-bond donors (Lipinski definition) is 1. The average Bonchev–Trinajstić information content (AvgIpc) is 3.34. The third kappa shape index (κ3) is 2.93. The summed E-state index contributed by atoms with van der Waals surface area (Å²) in [5.74, 6) is 1.24. The number of benzene rings is 1. The first-order chi connectivity index (χ1) is 13.5. The summed E-state index contributed by atoms with van der Waals surface area (Å²) in [4.78, 5) is 19.1. The van der Waals surface area contributed by atoms with Crippen LogP contribution >= 0.6 is 11.3 Å². The van der Waals surface area contributed by atoms with Crippen molar-refractivity contribution in [1.29, 1.82) is 0 Å². The van der Waals surface area contributed by atoms with Crippen LogP contribution in [-0.2, 0) is 14.6 Å². The van der Waals surface area contributed by atoms with Gasteiger partial charge in [-0.05, 0) is 12.1 Å². The van der Waals surface area contributed by atoms with Crippen molar-refractivity contribution in [3.05, 3.63) is 30.5 Å². The maximum atomic E-state index is 12.0. The molecule has 0 unspecified atom stereocenters. The number of hydrogen-bond acceptors (Lipinski definition) is 8. The average molecular weight is 416 g/mol. The molecule has 1 N–H and O–H groups in total. The molecule has 1 fully saturated rings. The number of anilines is 1. The van der Waals surface area contributed by atoms with E-state index in [9.17, 15) is 8.42 Å². The lowest BCUT2D eigenvalue weighted by Crippen LogP contribution is -2.36. The number of sulfone groups is 1. The van der Waals surface area contributed by atoms with E-state index in [0.29, 0.717) is 48.3 Å². The number of aromatic nitrogens is 4. The van der Waals surface area contributed by atoms with Crippen LogP contribution in [-0.4, -0.2) is 60.9 Å². The van der Waals surface area contributed by atoms with Gasteiger partial charge in [0.05, 0.1) is 13.2 Å². The molecule has 1 saturated heterocycles. The second kappa shape index (κ2) is 6.50. The number of morpholine rings is 1. The van der Waals surface area contributed by atoms with Crippen LogP contribution in [0.3, 0.4) is 0 Å². The molecule has 144 valence electrons. The third-order valence-corrected chi connectivity index (χ3v) is 7.40. The van der Waals surface area contributed by atoms with Gasteiger partial charge in [-0.1, -0.05) is 23.5 Å². The van der Waals surface area contributed by atoms with E-state index in [4.69, 9.17) is 9.72 Å². The maximum Gasteiger partial charge on any atom is 0.211 e. The Balaban J connectivity index is 1.77. The Labute approximate surface area is 165 Å². The predicted molar refractivity (Wildman–Crippen MR) is 109 cm³/mol. The Bertz CT molecular complexity index is 1290. The van der Waals surface area contributed by atoms with E-state index in [1.54, 1.807) is 0 Å². The van der Waals surface area contributed by atoms with Crippen LogP contribution in [0.25, 0.3) is 32.6 Å². The first-order valence-electron chi connectivity index (χ1n) is 8.78. The Morgan fingerprint density at radius 1 is 1.14 bits per heavy atom. The Morgan fingerprint density at radius 2 is 1.96 bits per heavy atom. The number of rotatable bonds is 3. The first kappa shape index (κ1) is 17.5. The van der Waals surface area contributed by atoms with Crippen molar-refractivity contribution in [2.24, 2.45) is 0 Å². The monoisotopic (exact) mass is 415 g/mol. The fraction of sp³-hybridized carbons (Fsp3) is 0.278.